The van der Waals surface area contributed by atoms with E-state index >= 15 is 0 Å². The van der Waals surface area contributed by atoms with Crippen molar-refractivity contribution in [2.75, 3.05) is 18.8 Å². The molecule has 2 aromatic carbocycles. The zero-order chi connectivity index (χ0) is 26.2. The molecule has 0 bridgehead atoms. The van der Waals surface area contributed by atoms with E-state index in [1.54, 1.807) is 12.1 Å². The molecular weight excluding hydrogens is 490 g/mol. The zero-order valence-corrected chi connectivity index (χ0v) is 19.5. The molecule has 37 heavy (non-hydrogen) atoms. The first-order valence-electron chi connectivity index (χ1n) is 11.7. The van der Waals surface area contributed by atoms with Gasteiger partial charge in [-0.15, -0.1) is 0 Å². The normalized spacial score (nSPS) is 16.2. The van der Waals surface area contributed by atoms with Gasteiger partial charge in [0.2, 0.25) is 0 Å². The molecule has 5 rings (SSSR count). The van der Waals surface area contributed by atoms with Crippen LogP contribution in [0.2, 0.25) is 0 Å². The molecule has 1 fully saturated rings. The van der Waals surface area contributed by atoms with Crippen molar-refractivity contribution in [3.8, 4) is 11.3 Å². The third kappa shape index (κ3) is 4.96. The van der Waals surface area contributed by atoms with Crippen molar-refractivity contribution < 1.29 is 22.4 Å². The molecule has 0 saturated carbocycles. The highest BCUT2D eigenvalue weighted by atomic mass is 19.4. The molecule has 1 aliphatic heterocycles. The van der Waals surface area contributed by atoms with Crippen LogP contribution in [0.4, 0.5) is 23.4 Å². The lowest BCUT2D eigenvalue weighted by Crippen LogP contribution is -2.32. The van der Waals surface area contributed by atoms with Gasteiger partial charge in [0, 0.05) is 18.7 Å². The Balaban J connectivity index is 1.34. The lowest BCUT2D eigenvalue weighted by Gasteiger charge is -2.23. The van der Waals surface area contributed by atoms with Crippen molar-refractivity contribution >= 4 is 22.8 Å². The highest BCUT2D eigenvalue weighted by Crippen LogP contribution is 2.33. The summed E-state index contributed by atoms with van der Waals surface area (Å²) in [4.78, 5) is 20.9. The third-order valence-corrected chi connectivity index (χ3v) is 6.36. The number of aromatic nitrogens is 4. The molecule has 1 aliphatic rings. The Morgan fingerprint density at radius 3 is 2.62 bits per heavy atom. The largest absolute Gasteiger partial charge is 0.416 e. The van der Waals surface area contributed by atoms with Gasteiger partial charge in [-0.2, -0.15) is 18.3 Å². The van der Waals surface area contributed by atoms with Gasteiger partial charge in [0.25, 0.3) is 5.91 Å². The summed E-state index contributed by atoms with van der Waals surface area (Å²) >= 11 is 0. The van der Waals surface area contributed by atoms with Gasteiger partial charge in [-0.3, -0.25) is 4.79 Å². The molecule has 3 heterocycles. The highest BCUT2D eigenvalue weighted by molar-refractivity contribution is 5.98. The molecule has 192 valence electrons. The van der Waals surface area contributed by atoms with Gasteiger partial charge in [0.15, 0.2) is 5.65 Å². The van der Waals surface area contributed by atoms with Crippen LogP contribution < -0.4 is 16.4 Å². The van der Waals surface area contributed by atoms with E-state index in [1.807, 2.05) is 16.8 Å². The van der Waals surface area contributed by atoms with Gasteiger partial charge in [0.1, 0.15) is 23.7 Å². The number of carbonyl (C=O) groups excluding carboxylic acids is 1. The molecule has 1 amide bonds. The van der Waals surface area contributed by atoms with E-state index in [-0.39, 0.29) is 12.6 Å². The van der Waals surface area contributed by atoms with Crippen LogP contribution in [0.1, 0.15) is 40.4 Å². The lowest BCUT2D eigenvalue weighted by molar-refractivity contribution is -0.137. The molecule has 0 spiro atoms. The van der Waals surface area contributed by atoms with Crippen LogP contribution in [0.15, 0.2) is 48.8 Å². The van der Waals surface area contributed by atoms with Crippen LogP contribution in [-0.4, -0.2) is 38.7 Å². The van der Waals surface area contributed by atoms with Crippen LogP contribution >= 0.6 is 0 Å². The molecule has 0 radical (unpaired) electrons. The van der Waals surface area contributed by atoms with Crippen LogP contribution in [0, 0.1) is 5.82 Å². The minimum atomic E-state index is -4.69. The molecular formula is C25H23F4N7O. The van der Waals surface area contributed by atoms with E-state index < -0.39 is 29.0 Å². The van der Waals surface area contributed by atoms with Gasteiger partial charge >= 0.3 is 6.18 Å². The number of hydrogen-bond donors (Lipinski definition) is 3. The Bertz CT molecular complexity index is 1440. The summed E-state index contributed by atoms with van der Waals surface area (Å²) in [5.74, 6) is -1.73. The van der Waals surface area contributed by atoms with Crippen molar-refractivity contribution in [3.05, 3.63) is 71.3 Å². The quantitative estimate of drug-likeness (QED) is 0.347. The summed E-state index contributed by atoms with van der Waals surface area (Å²) in [6.45, 7) is 1.79. The monoisotopic (exact) mass is 513 g/mol. The maximum atomic E-state index is 14.1. The van der Waals surface area contributed by atoms with E-state index in [1.165, 1.54) is 6.33 Å². The van der Waals surface area contributed by atoms with Crippen molar-refractivity contribution in [2.24, 2.45) is 0 Å². The lowest BCUT2D eigenvalue weighted by atomic mass is 10.1. The fourth-order valence-electron chi connectivity index (χ4n) is 4.43. The molecule has 4 N–H and O–H groups in total. The maximum Gasteiger partial charge on any atom is 0.416 e. The summed E-state index contributed by atoms with van der Waals surface area (Å²) in [7, 11) is 0. The fraction of sp³-hybridized carbons (Fsp3) is 0.280. The fourth-order valence-corrected chi connectivity index (χ4v) is 4.43. The number of rotatable bonds is 5. The number of nitrogens with two attached hydrogens (primary N) is 1. The van der Waals surface area contributed by atoms with Crippen molar-refractivity contribution in [1.82, 2.24) is 30.4 Å². The summed E-state index contributed by atoms with van der Waals surface area (Å²) in [5.41, 5.74) is 7.35. The average molecular weight is 513 g/mol. The molecule has 8 nitrogen and oxygen atoms in total. The summed E-state index contributed by atoms with van der Waals surface area (Å²) in [6.07, 6.45) is -1.28. The second-order valence-electron chi connectivity index (χ2n) is 8.82. The van der Waals surface area contributed by atoms with Gasteiger partial charge in [-0.05, 0) is 43.1 Å². The first-order chi connectivity index (χ1) is 17.7. The third-order valence-electron chi connectivity index (χ3n) is 6.36. The van der Waals surface area contributed by atoms with Crippen LogP contribution in [0.3, 0.4) is 0 Å². The molecule has 2 aromatic heterocycles. The number of alkyl halides is 3. The van der Waals surface area contributed by atoms with E-state index in [2.05, 4.69) is 20.6 Å². The minimum Gasteiger partial charge on any atom is -0.383 e. The Labute approximate surface area is 208 Å². The zero-order valence-electron chi connectivity index (χ0n) is 19.5. The SMILES string of the molecule is Nc1ncnc2c1c(-c1ccc(CNC(=O)c3ccc(C(F)(F)F)cc3F)cc1)nn2[C@@H]1CCCNC1. The first-order valence-corrected chi connectivity index (χ1v) is 11.7. The van der Waals surface area contributed by atoms with Crippen molar-refractivity contribution in [1.29, 1.82) is 0 Å². The van der Waals surface area contributed by atoms with Crippen molar-refractivity contribution in [3.63, 3.8) is 0 Å². The number of nitrogens with one attached hydrogen (secondary N) is 2. The average Bonchev–Trinajstić information content (AvgIpc) is 3.28. The smallest absolute Gasteiger partial charge is 0.383 e. The molecule has 1 atom stereocenters. The number of amides is 1. The van der Waals surface area contributed by atoms with Gasteiger partial charge < -0.3 is 16.4 Å². The Morgan fingerprint density at radius 2 is 1.95 bits per heavy atom. The van der Waals surface area contributed by atoms with Crippen molar-refractivity contribution in [2.45, 2.75) is 31.6 Å². The standard InChI is InChI=1S/C25H23F4N7O/c26-19-10-16(25(27,28)29)7-8-18(19)24(37)32-11-14-3-5-15(6-4-14)21-20-22(30)33-13-34-23(20)36(35-21)17-2-1-9-31-12-17/h3-8,10,13,17,31H,1-2,9,11-12H2,(H,32,37)(H2,30,33,34)/t17-/m1/s1. The molecule has 4 aromatic rings. The first kappa shape index (κ1) is 24.6. The summed E-state index contributed by atoms with van der Waals surface area (Å²) in [6, 6.07) is 9.12. The van der Waals surface area contributed by atoms with Gasteiger partial charge in [0.05, 0.1) is 22.6 Å². The predicted molar refractivity (Wildman–Crippen MR) is 129 cm³/mol. The summed E-state index contributed by atoms with van der Waals surface area (Å²) < 4.78 is 54.2. The minimum absolute atomic E-state index is 0.0494. The predicted octanol–water partition coefficient (Wildman–Crippen LogP) is 4.09. The Hall–Kier alpha value is -4.06. The number of nitrogen functional groups attached to an aromatic ring is 1. The number of benzene rings is 2. The highest BCUT2D eigenvalue weighted by Gasteiger charge is 2.31. The van der Waals surface area contributed by atoms with E-state index in [0.717, 1.165) is 37.6 Å². The Morgan fingerprint density at radius 1 is 1.16 bits per heavy atom. The Kier molecular flexibility index (Phi) is 6.50. The number of fused-ring (bicyclic) bond motifs is 1. The summed E-state index contributed by atoms with van der Waals surface area (Å²) in [5, 5.41) is 11.4. The molecule has 0 unspecified atom stereocenters. The topological polar surface area (TPSA) is 111 Å². The van der Waals surface area contributed by atoms with E-state index in [9.17, 15) is 22.4 Å². The van der Waals surface area contributed by atoms with Gasteiger partial charge in [-0.1, -0.05) is 24.3 Å². The van der Waals surface area contributed by atoms with E-state index in [0.29, 0.717) is 40.2 Å². The van der Waals surface area contributed by atoms with Crippen LogP contribution in [0.5, 0.6) is 0 Å². The maximum absolute atomic E-state index is 14.1. The van der Waals surface area contributed by atoms with Gasteiger partial charge in [-0.25, -0.2) is 19.0 Å². The second kappa shape index (κ2) is 9.77. The number of piperidine rings is 1. The molecule has 1 saturated heterocycles. The van der Waals surface area contributed by atoms with E-state index in [4.69, 9.17) is 10.8 Å². The second-order valence-corrected chi connectivity index (χ2v) is 8.82. The number of anilines is 1. The number of carbonyl (C=O) groups is 1. The van der Waals surface area contributed by atoms with Crippen LogP contribution in [-0.2, 0) is 12.7 Å². The number of halogens is 4. The number of nitrogens with zero attached hydrogens (tertiary/aromatic N) is 4. The molecule has 12 heteroatoms. The molecule has 0 aliphatic carbocycles. The van der Waals surface area contributed by atoms with Crippen LogP contribution in [0.25, 0.3) is 22.3 Å². The number of hydrogen-bond acceptors (Lipinski definition) is 6.